The number of hydrogen-bond donors (Lipinski definition) is 1. The molecule has 0 bridgehead atoms. The van der Waals surface area contributed by atoms with Gasteiger partial charge in [0.05, 0.1) is 5.69 Å². The Balaban J connectivity index is 2.38. The average Bonchev–Trinajstić information content (AvgIpc) is 2.45. The molecule has 0 unspecified atom stereocenters. The van der Waals surface area contributed by atoms with Crippen LogP contribution in [0.15, 0.2) is 59.6 Å². The van der Waals surface area contributed by atoms with Gasteiger partial charge in [0, 0.05) is 5.56 Å². The van der Waals surface area contributed by atoms with Gasteiger partial charge in [-0.2, -0.15) is 0 Å². The number of carboxylic acids is 1. The average molecular weight is 281 g/mol. The molecule has 0 amide bonds. The van der Waals surface area contributed by atoms with Crippen molar-refractivity contribution >= 4 is 17.4 Å². The smallest absolute Gasteiger partial charge is 0.355 e. The van der Waals surface area contributed by atoms with Crippen molar-refractivity contribution in [1.29, 1.82) is 0 Å². The van der Waals surface area contributed by atoms with E-state index in [2.05, 4.69) is 25.8 Å². The molecule has 0 aliphatic heterocycles. The zero-order valence-electron chi connectivity index (χ0n) is 12.5. The summed E-state index contributed by atoms with van der Waals surface area (Å²) >= 11 is 0. The first-order valence-corrected chi connectivity index (χ1v) is 6.86. The number of rotatable bonds is 3. The molecule has 2 rings (SSSR count). The maximum atomic E-state index is 11.4. The highest BCUT2D eigenvalue weighted by molar-refractivity contribution is 6.43. The summed E-state index contributed by atoms with van der Waals surface area (Å²) in [4.78, 5) is 15.7. The highest BCUT2D eigenvalue weighted by Crippen LogP contribution is 2.24. The predicted molar refractivity (Wildman–Crippen MR) is 85.4 cm³/mol. The molecule has 0 aromatic heterocycles. The van der Waals surface area contributed by atoms with Gasteiger partial charge < -0.3 is 5.11 Å². The van der Waals surface area contributed by atoms with Crippen LogP contribution in [-0.4, -0.2) is 16.8 Å². The van der Waals surface area contributed by atoms with Gasteiger partial charge >= 0.3 is 5.97 Å². The molecule has 0 radical (unpaired) electrons. The Morgan fingerprint density at radius 2 is 1.52 bits per heavy atom. The summed E-state index contributed by atoms with van der Waals surface area (Å²) in [7, 11) is 0. The molecule has 0 saturated heterocycles. The summed E-state index contributed by atoms with van der Waals surface area (Å²) in [6, 6.07) is 16.6. The second kappa shape index (κ2) is 5.92. The maximum absolute atomic E-state index is 11.4. The molecule has 108 valence electrons. The quantitative estimate of drug-likeness (QED) is 0.858. The number of hydrogen-bond acceptors (Lipinski definition) is 2. The third kappa shape index (κ3) is 3.78. The minimum Gasteiger partial charge on any atom is -0.476 e. The van der Waals surface area contributed by atoms with E-state index >= 15 is 0 Å². The summed E-state index contributed by atoms with van der Waals surface area (Å²) in [5.74, 6) is -1.03. The van der Waals surface area contributed by atoms with E-state index in [1.54, 1.807) is 24.3 Å². The van der Waals surface area contributed by atoms with Gasteiger partial charge in [0.15, 0.2) is 5.71 Å². The zero-order chi connectivity index (χ0) is 15.5. The second-order valence-corrected chi connectivity index (χ2v) is 5.93. The highest BCUT2D eigenvalue weighted by Gasteiger charge is 2.14. The van der Waals surface area contributed by atoms with E-state index in [4.69, 9.17) is 0 Å². The second-order valence-electron chi connectivity index (χ2n) is 5.93. The summed E-state index contributed by atoms with van der Waals surface area (Å²) in [5, 5.41) is 9.34. The number of aliphatic carboxylic acids is 1. The van der Waals surface area contributed by atoms with Crippen LogP contribution in [0.5, 0.6) is 0 Å². The third-order valence-electron chi connectivity index (χ3n) is 3.22. The molecule has 0 saturated carbocycles. The number of carbonyl (C=O) groups is 1. The molecule has 1 N–H and O–H groups in total. The van der Waals surface area contributed by atoms with Crippen LogP contribution < -0.4 is 0 Å². The van der Waals surface area contributed by atoms with Crippen LogP contribution in [0.1, 0.15) is 31.9 Å². The van der Waals surface area contributed by atoms with E-state index in [-0.39, 0.29) is 11.1 Å². The fraction of sp³-hybridized carbons (Fsp3) is 0.222. The molecule has 3 heteroatoms. The highest BCUT2D eigenvalue weighted by atomic mass is 16.4. The fourth-order valence-electron chi connectivity index (χ4n) is 2.00. The Kier molecular flexibility index (Phi) is 4.22. The van der Waals surface area contributed by atoms with Gasteiger partial charge in [0.25, 0.3) is 0 Å². The molecule has 0 atom stereocenters. The summed E-state index contributed by atoms with van der Waals surface area (Å²) in [6.07, 6.45) is 0. The Bertz CT molecular complexity index is 650. The SMILES string of the molecule is CC(C)(C)c1ccc(N=C(C(=O)O)c2ccccc2)cc1. The minimum atomic E-state index is -1.03. The van der Waals surface area contributed by atoms with E-state index in [0.717, 1.165) is 0 Å². The van der Waals surface area contributed by atoms with Gasteiger partial charge in [-0.3, -0.25) is 0 Å². The topological polar surface area (TPSA) is 49.7 Å². The first kappa shape index (κ1) is 15.0. The molecule has 3 nitrogen and oxygen atoms in total. The molecule has 2 aromatic carbocycles. The van der Waals surface area contributed by atoms with Crippen molar-refractivity contribution < 1.29 is 9.90 Å². The van der Waals surface area contributed by atoms with Gasteiger partial charge in [0.1, 0.15) is 0 Å². The van der Waals surface area contributed by atoms with Crippen molar-refractivity contribution in [2.45, 2.75) is 26.2 Å². The van der Waals surface area contributed by atoms with Crippen molar-refractivity contribution in [3.63, 3.8) is 0 Å². The van der Waals surface area contributed by atoms with Gasteiger partial charge in [-0.05, 0) is 23.1 Å². The van der Waals surface area contributed by atoms with Crippen molar-refractivity contribution in [2.24, 2.45) is 4.99 Å². The van der Waals surface area contributed by atoms with Crippen LogP contribution in [0.3, 0.4) is 0 Å². The van der Waals surface area contributed by atoms with Crippen molar-refractivity contribution in [3.05, 3.63) is 65.7 Å². The molecular weight excluding hydrogens is 262 g/mol. The Labute approximate surface area is 125 Å². The van der Waals surface area contributed by atoms with E-state index in [0.29, 0.717) is 11.3 Å². The van der Waals surface area contributed by atoms with Crippen molar-refractivity contribution in [3.8, 4) is 0 Å². The van der Waals surface area contributed by atoms with Crippen LogP contribution in [-0.2, 0) is 10.2 Å². The summed E-state index contributed by atoms with van der Waals surface area (Å²) in [6.45, 7) is 6.41. The normalized spacial score (nSPS) is 12.2. The van der Waals surface area contributed by atoms with Gasteiger partial charge in [-0.15, -0.1) is 0 Å². The maximum Gasteiger partial charge on any atom is 0.355 e. The first-order chi connectivity index (χ1) is 9.88. The number of nitrogens with zero attached hydrogens (tertiary/aromatic N) is 1. The molecule has 0 aliphatic carbocycles. The lowest BCUT2D eigenvalue weighted by molar-refractivity contribution is -0.129. The molecule has 0 heterocycles. The molecular formula is C18H19NO2. The number of benzene rings is 2. The van der Waals surface area contributed by atoms with E-state index in [1.807, 2.05) is 30.3 Å². The molecule has 0 fully saturated rings. The third-order valence-corrected chi connectivity index (χ3v) is 3.22. The lowest BCUT2D eigenvalue weighted by atomic mass is 9.87. The van der Waals surface area contributed by atoms with Crippen LogP contribution in [0, 0.1) is 0 Å². The van der Waals surface area contributed by atoms with Crippen LogP contribution in [0.2, 0.25) is 0 Å². The number of aliphatic imine (C=N–C) groups is 1. The molecule has 2 aromatic rings. The van der Waals surface area contributed by atoms with E-state index < -0.39 is 5.97 Å². The van der Waals surface area contributed by atoms with Gasteiger partial charge in [-0.1, -0.05) is 63.2 Å². The summed E-state index contributed by atoms with van der Waals surface area (Å²) in [5.41, 5.74) is 2.56. The first-order valence-electron chi connectivity index (χ1n) is 6.86. The molecule has 21 heavy (non-hydrogen) atoms. The predicted octanol–water partition coefficient (Wildman–Crippen LogP) is 4.19. The summed E-state index contributed by atoms with van der Waals surface area (Å²) < 4.78 is 0. The Hall–Kier alpha value is -2.42. The van der Waals surface area contributed by atoms with E-state index in [1.165, 1.54) is 5.56 Å². The standard InChI is InChI=1S/C18H19NO2/c1-18(2,3)14-9-11-15(12-10-14)19-16(17(20)21)13-7-5-4-6-8-13/h4-12H,1-3H3,(H,20,21). The Morgan fingerprint density at radius 1 is 0.952 bits per heavy atom. The number of carboxylic acid groups (broad SMARTS) is 1. The van der Waals surface area contributed by atoms with Crippen LogP contribution >= 0.6 is 0 Å². The van der Waals surface area contributed by atoms with Crippen molar-refractivity contribution in [2.75, 3.05) is 0 Å². The lowest BCUT2D eigenvalue weighted by Gasteiger charge is -2.18. The monoisotopic (exact) mass is 281 g/mol. The van der Waals surface area contributed by atoms with Gasteiger partial charge in [0.2, 0.25) is 0 Å². The van der Waals surface area contributed by atoms with E-state index in [9.17, 15) is 9.90 Å². The fourth-order valence-corrected chi connectivity index (χ4v) is 2.00. The zero-order valence-corrected chi connectivity index (χ0v) is 12.5. The molecule has 0 aliphatic rings. The van der Waals surface area contributed by atoms with Crippen LogP contribution in [0.25, 0.3) is 0 Å². The largest absolute Gasteiger partial charge is 0.476 e. The van der Waals surface area contributed by atoms with Crippen molar-refractivity contribution in [1.82, 2.24) is 0 Å². The van der Waals surface area contributed by atoms with Gasteiger partial charge in [-0.25, -0.2) is 9.79 Å². The van der Waals surface area contributed by atoms with Crippen LogP contribution in [0.4, 0.5) is 5.69 Å². The Morgan fingerprint density at radius 3 is 2.00 bits per heavy atom. The molecule has 0 spiro atoms. The lowest BCUT2D eigenvalue weighted by Crippen LogP contribution is -2.14. The minimum absolute atomic E-state index is 0.0547.